The van der Waals surface area contributed by atoms with E-state index in [9.17, 15) is 4.79 Å². The van der Waals surface area contributed by atoms with E-state index in [0.717, 1.165) is 63.3 Å². The van der Waals surface area contributed by atoms with Crippen LogP contribution in [0.25, 0.3) is 0 Å². The summed E-state index contributed by atoms with van der Waals surface area (Å²) in [5.41, 5.74) is 5.68. The number of likely N-dealkylation sites (tertiary alicyclic amines) is 1. The number of aryl methyl sites for hydroxylation is 1. The van der Waals surface area contributed by atoms with Gasteiger partial charge in [0.25, 0.3) is 5.91 Å². The Kier molecular flexibility index (Phi) is 4.54. The number of carbonyl (C=O) groups excluding carboxylic acids is 1. The fourth-order valence-electron chi connectivity index (χ4n) is 4.29. The molecule has 0 aromatic carbocycles. The van der Waals surface area contributed by atoms with E-state index < -0.39 is 0 Å². The molecule has 1 aromatic rings. The minimum absolute atomic E-state index is 0.0306. The highest BCUT2D eigenvalue weighted by atomic mass is 16.5. The second-order valence-corrected chi connectivity index (χ2v) is 7.19. The number of rotatable bonds is 3. The highest BCUT2D eigenvalue weighted by Gasteiger charge is 2.39. The van der Waals surface area contributed by atoms with Crippen LogP contribution < -0.4 is 5.73 Å². The normalized spacial score (nSPS) is 30.4. The van der Waals surface area contributed by atoms with Crippen LogP contribution in [0, 0.1) is 0 Å². The van der Waals surface area contributed by atoms with Crippen molar-refractivity contribution >= 4 is 5.91 Å². The van der Waals surface area contributed by atoms with Crippen LogP contribution >= 0.6 is 0 Å². The van der Waals surface area contributed by atoms with Gasteiger partial charge < -0.3 is 19.9 Å². The molecule has 24 heavy (non-hydrogen) atoms. The molecule has 3 aliphatic heterocycles. The van der Waals surface area contributed by atoms with E-state index in [1.54, 1.807) is 0 Å². The summed E-state index contributed by atoms with van der Waals surface area (Å²) in [7, 11) is 0. The average molecular weight is 333 g/mol. The van der Waals surface area contributed by atoms with Crippen molar-refractivity contribution < 1.29 is 9.53 Å². The molecule has 1 amide bonds. The molecule has 4 heterocycles. The predicted octanol–water partition coefficient (Wildman–Crippen LogP) is 1.17. The molecule has 0 aliphatic carbocycles. The fraction of sp³-hybridized carbons (Fsp3) is 0.824. The lowest BCUT2D eigenvalue weighted by Crippen LogP contribution is -2.45. The smallest absolute Gasteiger partial charge is 0.252 e. The molecule has 7 heteroatoms. The molecule has 3 aliphatic rings. The Balaban J connectivity index is 1.55. The quantitative estimate of drug-likeness (QED) is 0.897. The molecule has 2 N–H and O–H groups in total. The Morgan fingerprint density at radius 2 is 2.00 bits per heavy atom. The van der Waals surface area contributed by atoms with Crippen LogP contribution in [0.5, 0.6) is 0 Å². The Bertz CT molecular complexity index is 602. The highest BCUT2D eigenvalue weighted by Crippen LogP contribution is 2.33. The van der Waals surface area contributed by atoms with Crippen LogP contribution in [-0.4, -0.2) is 50.9 Å². The van der Waals surface area contributed by atoms with E-state index in [0.29, 0.717) is 6.54 Å². The summed E-state index contributed by atoms with van der Waals surface area (Å²) in [6.45, 7) is 2.26. The first-order valence-electron chi connectivity index (χ1n) is 9.36. The van der Waals surface area contributed by atoms with E-state index in [4.69, 9.17) is 10.5 Å². The van der Waals surface area contributed by atoms with Crippen molar-refractivity contribution in [1.82, 2.24) is 19.7 Å². The lowest BCUT2D eigenvalue weighted by atomic mass is 9.99. The average Bonchev–Trinajstić information content (AvgIpc) is 3.28. The molecule has 4 rings (SSSR count). The summed E-state index contributed by atoms with van der Waals surface area (Å²) in [5.74, 6) is 2.17. The molecule has 7 nitrogen and oxygen atoms in total. The number of carbonyl (C=O) groups is 1. The van der Waals surface area contributed by atoms with Crippen molar-refractivity contribution in [2.45, 2.75) is 76.2 Å². The molecular weight excluding hydrogens is 306 g/mol. The third kappa shape index (κ3) is 2.84. The number of amides is 1. The maximum absolute atomic E-state index is 13.0. The lowest BCUT2D eigenvalue weighted by Gasteiger charge is -2.37. The molecule has 0 saturated carbocycles. The number of hydrogen-bond donors (Lipinski definition) is 1. The first-order chi connectivity index (χ1) is 11.8. The summed E-state index contributed by atoms with van der Waals surface area (Å²) < 4.78 is 8.09. The van der Waals surface area contributed by atoms with Crippen molar-refractivity contribution in [1.29, 1.82) is 0 Å². The Labute approximate surface area is 142 Å². The number of fused-ring (bicyclic) bond motifs is 1. The van der Waals surface area contributed by atoms with Gasteiger partial charge in [-0.2, -0.15) is 0 Å². The Morgan fingerprint density at radius 3 is 2.83 bits per heavy atom. The van der Waals surface area contributed by atoms with E-state index in [-0.39, 0.29) is 24.2 Å². The van der Waals surface area contributed by atoms with Gasteiger partial charge in [0.05, 0.1) is 12.1 Å². The van der Waals surface area contributed by atoms with E-state index in [1.807, 2.05) is 4.90 Å². The molecule has 0 spiro atoms. The molecule has 1 aromatic heterocycles. The lowest BCUT2D eigenvalue weighted by molar-refractivity contribution is -0.147. The molecule has 1 unspecified atom stereocenters. The zero-order valence-corrected chi connectivity index (χ0v) is 14.2. The standard InChI is InChI=1S/C17H27N5O2/c18-11-12-7-8-14(24-12)17(23)21-9-3-1-5-13(21)16-20-19-15-6-2-4-10-22(15)16/h12-14H,1-11,18H2/t12-,13?,14+/m1/s1. The van der Waals surface area contributed by atoms with Crippen LogP contribution in [-0.2, 0) is 22.5 Å². The van der Waals surface area contributed by atoms with Crippen molar-refractivity contribution in [3.05, 3.63) is 11.6 Å². The van der Waals surface area contributed by atoms with E-state index in [1.165, 1.54) is 12.8 Å². The molecule has 3 atom stereocenters. The molecule has 0 radical (unpaired) electrons. The van der Waals surface area contributed by atoms with E-state index >= 15 is 0 Å². The molecule has 132 valence electrons. The van der Waals surface area contributed by atoms with Crippen LogP contribution in [0.2, 0.25) is 0 Å². The second-order valence-electron chi connectivity index (χ2n) is 7.19. The number of aromatic nitrogens is 3. The van der Waals surface area contributed by atoms with Crippen LogP contribution in [0.3, 0.4) is 0 Å². The van der Waals surface area contributed by atoms with Gasteiger partial charge in [-0.05, 0) is 44.9 Å². The van der Waals surface area contributed by atoms with Crippen molar-refractivity contribution in [3.63, 3.8) is 0 Å². The summed E-state index contributed by atoms with van der Waals surface area (Å²) in [4.78, 5) is 15.0. The number of hydrogen-bond acceptors (Lipinski definition) is 5. The number of nitrogens with zero attached hydrogens (tertiary/aromatic N) is 4. The zero-order valence-electron chi connectivity index (χ0n) is 14.2. The number of nitrogens with two attached hydrogens (primary N) is 1. The van der Waals surface area contributed by atoms with Crippen LogP contribution in [0.1, 0.15) is 62.6 Å². The van der Waals surface area contributed by atoms with Crippen molar-refractivity contribution in [2.75, 3.05) is 13.1 Å². The van der Waals surface area contributed by atoms with E-state index in [2.05, 4.69) is 14.8 Å². The largest absolute Gasteiger partial charge is 0.364 e. The van der Waals surface area contributed by atoms with Crippen molar-refractivity contribution in [3.8, 4) is 0 Å². The van der Waals surface area contributed by atoms with Gasteiger partial charge in [-0.1, -0.05) is 0 Å². The van der Waals surface area contributed by atoms with Gasteiger partial charge in [-0.25, -0.2) is 0 Å². The maximum atomic E-state index is 13.0. The first kappa shape index (κ1) is 16.0. The first-order valence-corrected chi connectivity index (χ1v) is 9.36. The Morgan fingerprint density at radius 1 is 1.12 bits per heavy atom. The van der Waals surface area contributed by atoms with Gasteiger partial charge in [-0.3, -0.25) is 4.79 Å². The Hall–Kier alpha value is -1.47. The van der Waals surface area contributed by atoms with Crippen LogP contribution in [0.15, 0.2) is 0 Å². The van der Waals surface area contributed by atoms with Gasteiger partial charge in [0.2, 0.25) is 0 Å². The highest BCUT2D eigenvalue weighted by molar-refractivity contribution is 5.81. The van der Waals surface area contributed by atoms with Gasteiger partial charge >= 0.3 is 0 Å². The number of ether oxygens (including phenoxy) is 1. The maximum Gasteiger partial charge on any atom is 0.252 e. The third-order valence-electron chi connectivity index (χ3n) is 5.62. The van der Waals surface area contributed by atoms with Gasteiger partial charge in [0.15, 0.2) is 5.82 Å². The molecule has 0 bridgehead atoms. The molecule has 2 fully saturated rings. The van der Waals surface area contributed by atoms with Crippen molar-refractivity contribution in [2.24, 2.45) is 5.73 Å². The second kappa shape index (κ2) is 6.80. The predicted molar refractivity (Wildman–Crippen MR) is 88.2 cm³/mol. The minimum Gasteiger partial charge on any atom is -0.364 e. The SMILES string of the molecule is NC[C@H]1CC[C@@H](C(=O)N2CCCCC2c2nnc3n2CCCC3)O1. The fourth-order valence-corrected chi connectivity index (χ4v) is 4.29. The monoisotopic (exact) mass is 333 g/mol. The molecular formula is C17H27N5O2. The minimum atomic E-state index is -0.331. The van der Waals surface area contributed by atoms with Gasteiger partial charge in [-0.15, -0.1) is 10.2 Å². The molecule has 2 saturated heterocycles. The van der Waals surface area contributed by atoms with Gasteiger partial charge in [0, 0.05) is 26.1 Å². The van der Waals surface area contributed by atoms with Crippen LogP contribution in [0.4, 0.5) is 0 Å². The summed E-state index contributed by atoms with van der Waals surface area (Å²) in [6, 6.07) is 0.0473. The number of piperidine rings is 1. The zero-order chi connectivity index (χ0) is 16.5. The summed E-state index contributed by atoms with van der Waals surface area (Å²) >= 11 is 0. The summed E-state index contributed by atoms with van der Waals surface area (Å²) in [5, 5.41) is 8.85. The third-order valence-corrected chi connectivity index (χ3v) is 5.62. The summed E-state index contributed by atoms with van der Waals surface area (Å²) in [6.07, 6.45) is 7.86. The topological polar surface area (TPSA) is 86.3 Å². The van der Waals surface area contributed by atoms with Gasteiger partial charge in [0.1, 0.15) is 11.9 Å².